The van der Waals surface area contributed by atoms with Gasteiger partial charge in [0.15, 0.2) is 6.04 Å². The van der Waals surface area contributed by atoms with E-state index in [9.17, 15) is 40.7 Å². The lowest BCUT2D eigenvalue weighted by Gasteiger charge is -2.35. The summed E-state index contributed by atoms with van der Waals surface area (Å²) in [6.45, 7) is 0.723. The van der Waals surface area contributed by atoms with Gasteiger partial charge in [-0.1, -0.05) is 0 Å². The van der Waals surface area contributed by atoms with Crippen LogP contribution in [-0.4, -0.2) is 50.0 Å². The zero-order valence-electron chi connectivity index (χ0n) is 17.6. The van der Waals surface area contributed by atoms with Crippen molar-refractivity contribution in [2.24, 2.45) is 0 Å². The summed E-state index contributed by atoms with van der Waals surface area (Å²) >= 11 is 0. The minimum atomic E-state index is -4.86. The molecule has 3 rings (SSSR count). The number of amides is 1. The lowest BCUT2D eigenvalue weighted by molar-refractivity contribution is -0.242. The SMILES string of the molecule is CC(C)(OC(=O)Nc1ccc2c(c1)N(S(=O)(=O)c1ccc(F)cc1)[C@H](C(=O)O)CO2)C(F)(F)F. The van der Waals surface area contributed by atoms with Gasteiger partial charge in [0, 0.05) is 5.69 Å². The molecule has 1 amide bonds. The van der Waals surface area contributed by atoms with Crippen molar-refractivity contribution in [3.63, 3.8) is 0 Å². The summed E-state index contributed by atoms with van der Waals surface area (Å²) in [4.78, 5) is 23.4. The smallest absolute Gasteiger partial charge is 0.427 e. The number of hydrogen-bond acceptors (Lipinski definition) is 6. The van der Waals surface area contributed by atoms with E-state index in [1.807, 2.05) is 5.32 Å². The molecule has 1 atom stereocenters. The molecule has 0 spiro atoms. The lowest BCUT2D eigenvalue weighted by atomic mass is 10.1. The second kappa shape index (κ2) is 8.66. The number of ether oxygens (including phenoxy) is 2. The first kappa shape index (κ1) is 25.1. The molecule has 9 nitrogen and oxygen atoms in total. The maximum Gasteiger partial charge on any atom is 0.427 e. The summed E-state index contributed by atoms with van der Waals surface area (Å²) in [5.41, 5.74) is -3.33. The van der Waals surface area contributed by atoms with Gasteiger partial charge in [0.1, 0.15) is 18.2 Å². The van der Waals surface area contributed by atoms with Crippen LogP contribution in [0.4, 0.5) is 33.7 Å². The fraction of sp³-hybridized carbons (Fsp3) is 0.300. The average molecular weight is 506 g/mol. The van der Waals surface area contributed by atoms with Gasteiger partial charge >= 0.3 is 18.2 Å². The fourth-order valence-electron chi connectivity index (χ4n) is 2.92. The highest BCUT2D eigenvalue weighted by Crippen LogP contribution is 2.40. The predicted molar refractivity (Wildman–Crippen MR) is 110 cm³/mol. The summed E-state index contributed by atoms with van der Waals surface area (Å²) in [6.07, 6.45) is -6.34. The van der Waals surface area contributed by atoms with Gasteiger partial charge in [-0.05, 0) is 56.3 Å². The molecule has 0 radical (unpaired) electrons. The third-order valence-corrected chi connectivity index (χ3v) is 6.65. The number of carbonyl (C=O) groups excluding carboxylic acids is 1. The van der Waals surface area contributed by atoms with Crippen LogP contribution in [0.3, 0.4) is 0 Å². The Morgan fingerprint density at radius 2 is 1.76 bits per heavy atom. The minimum absolute atomic E-state index is 0.0716. The van der Waals surface area contributed by atoms with Gasteiger partial charge in [-0.3, -0.25) is 5.32 Å². The lowest BCUT2D eigenvalue weighted by Crippen LogP contribution is -2.51. The van der Waals surface area contributed by atoms with E-state index in [2.05, 4.69) is 4.74 Å². The van der Waals surface area contributed by atoms with E-state index in [1.165, 1.54) is 12.1 Å². The van der Waals surface area contributed by atoms with Crippen molar-refractivity contribution in [3.8, 4) is 5.75 Å². The van der Waals surface area contributed by atoms with Gasteiger partial charge in [-0.25, -0.2) is 26.7 Å². The van der Waals surface area contributed by atoms with Crippen molar-refractivity contribution in [1.82, 2.24) is 0 Å². The van der Waals surface area contributed by atoms with Crippen LogP contribution in [0.5, 0.6) is 5.75 Å². The van der Waals surface area contributed by atoms with Crippen molar-refractivity contribution in [2.75, 3.05) is 16.2 Å². The summed E-state index contributed by atoms with van der Waals surface area (Å²) < 4.78 is 89.0. The van der Waals surface area contributed by atoms with E-state index in [0.29, 0.717) is 18.2 Å². The summed E-state index contributed by atoms with van der Waals surface area (Å²) in [5, 5.41) is 11.6. The van der Waals surface area contributed by atoms with Crippen LogP contribution in [0.2, 0.25) is 0 Å². The van der Waals surface area contributed by atoms with Crippen LogP contribution in [0.15, 0.2) is 47.4 Å². The number of carboxylic acids is 1. The Morgan fingerprint density at radius 1 is 1.15 bits per heavy atom. The number of sulfonamides is 1. The second-order valence-electron chi connectivity index (χ2n) is 7.62. The van der Waals surface area contributed by atoms with Gasteiger partial charge < -0.3 is 14.6 Å². The normalized spacial score (nSPS) is 16.3. The molecule has 0 aliphatic carbocycles. The Balaban J connectivity index is 2.00. The number of nitrogens with one attached hydrogen (secondary N) is 1. The molecule has 2 N–H and O–H groups in total. The Hall–Kier alpha value is -3.55. The van der Waals surface area contributed by atoms with Crippen LogP contribution in [0, 0.1) is 5.82 Å². The Bertz CT molecular complexity index is 1210. The topological polar surface area (TPSA) is 122 Å². The van der Waals surface area contributed by atoms with Gasteiger partial charge in [-0.15, -0.1) is 0 Å². The van der Waals surface area contributed by atoms with Crippen molar-refractivity contribution in [2.45, 2.75) is 36.6 Å². The van der Waals surface area contributed by atoms with E-state index >= 15 is 0 Å². The average Bonchev–Trinajstić information content (AvgIpc) is 2.71. The molecule has 0 aromatic heterocycles. The van der Waals surface area contributed by atoms with E-state index < -0.39 is 57.2 Å². The first-order chi connectivity index (χ1) is 15.6. The molecule has 0 unspecified atom stereocenters. The number of benzene rings is 2. The number of nitrogens with zero attached hydrogens (tertiary/aromatic N) is 1. The fourth-order valence-corrected chi connectivity index (χ4v) is 4.51. The van der Waals surface area contributed by atoms with E-state index in [-0.39, 0.29) is 17.1 Å². The number of carbonyl (C=O) groups is 2. The quantitative estimate of drug-likeness (QED) is 0.592. The van der Waals surface area contributed by atoms with Crippen LogP contribution >= 0.6 is 0 Å². The Morgan fingerprint density at radius 3 is 2.32 bits per heavy atom. The van der Waals surface area contributed by atoms with Crippen LogP contribution in [0.25, 0.3) is 0 Å². The van der Waals surface area contributed by atoms with Gasteiger partial charge in [-0.2, -0.15) is 13.2 Å². The van der Waals surface area contributed by atoms with E-state index in [4.69, 9.17) is 4.74 Å². The first-order valence-electron chi connectivity index (χ1n) is 9.50. The Kier molecular flexibility index (Phi) is 6.39. The second-order valence-corrected chi connectivity index (χ2v) is 9.44. The number of halogens is 4. The maximum atomic E-state index is 13.3. The summed E-state index contributed by atoms with van der Waals surface area (Å²) in [5.74, 6) is -2.35. The molecule has 0 fully saturated rings. The molecule has 0 bridgehead atoms. The first-order valence-corrected chi connectivity index (χ1v) is 10.9. The highest BCUT2D eigenvalue weighted by atomic mass is 32.2. The van der Waals surface area contributed by atoms with E-state index in [0.717, 1.165) is 30.3 Å². The molecule has 2 aromatic carbocycles. The third kappa shape index (κ3) is 4.85. The predicted octanol–water partition coefficient (Wildman–Crippen LogP) is 3.76. The van der Waals surface area contributed by atoms with Gasteiger partial charge in [0.2, 0.25) is 5.60 Å². The number of rotatable bonds is 5. The van der Waals surface area contributed by atoms with Crippen molar-refractivity contribution >= 4 is 33.5 Å². The number of carboxylic acid groups (broad SMARTS) is 1. The molecule has 1 aliphatic heterocycles. The zero-order valence-corrected chi connectivity index (χ0v) is 18.4. The highest BCUT2D eigenvalue weighted by molar-refractivity contribution is 7.93. The van der Waals surface area contributed by atoms with E-state index in [1.54, 1.807) is 0 Å². The molecule has 34 heavy (non-hydrogen) atoms. The largest absolute Gasteiger partial charge is 0.489 e. The number of aliphatic carboxylic acids is 1. The molecule has 14 heteroatoms. The van der Waals surface area contributed by atoms with Crippen LogP contribution in [-0.2, 0) is 19.6 Å². The maximum absolute atomic E-state index is 13.3. The molecular formula is C20H18F4N2O7S. The minimum Gasteiger partial charge on any atom is -0.489 e. The van der Waals surface area contributed by atoms with Gasteiger partial charge in [0.25, 0.3) is 10.0 Å². The molecule has 1 aliphatic rings. The molecule has 184 valence electrons. The standard InChI is InChI=1S/C20H18F4N2O7S/c1-19(2,20(22,23)24)33-18(29)25-12-5-8-16-14(9-12)26(15(10-32-16)17(27)28)34(30,31)13-6-3-11(21)4-7-13/h3-9,15H,10H2,1-2H3,(H,25,29)(H,27,28)/t15-/m0/s1. The highest BCUT2D eigenvalue weighted by Gasteiger charge is 2.51. The van der Waals surface area contributed by atoms with Crippen LogP contribution < -0.4 is 14.4 Å². The van der Waals surface area contributed by atoms with Crippen molar-refractivity contribution < 1.29 is 50.1 Å². The van der Waals surface area contributed by atoms with Crippen molar-refractivity contribution in [1.29, 1.82) is 0 Å². The number of fused-ring (bicyclic) bond motifs is 1. The zero-order chi connectivity index (χ0) is 25.5. The molecule has 0 saturated carbocycles. The molecule has 0 saturated heterocycles. The molecule has 1 heterocycles. The monoisotopic (exact) mass is 506 g/mol. The summed E-state index contributed by atoms with van der Waals surface area (Å²) in [7, 11) is -4.57. The van der Waals surface area contributed by atoms with Gasteiger partial charge in [0.05, 0.1) is 10.6 Å². The third-order valence-electron chi connectivity index (χ3n) is 4.81. The Labute approximate surface area is 190 Å². The molecular weight excluding hydrogens is 488 g/mol. The number of anilines is 2. The van der Waals surface area contributed by atoms with Crippen molar-refractivity contribution in [3.05, 3.63) is 48.3 Å². The molecule has 2 aromatic rings. The number of hydrogen-bond donors (Lipinski definition) is 2. The van der Waals surface area contributed by atoms with Crippen LogP contribution in [0.1, 0.15) is 13.8 Å². The number of alkyl halides is 3. The summed E-state index contributed by atoms with van der Waals surface area (Å²) in [6, 6.07) is 5.31.